The lowest BCUT2D eigenvalue weighted by Gasteiger charge is -2.26. The maximum atomic E-state index is 6.06. The van der Waals surface area contributed by atoms with Gasteiger partial charge in [0.2, 0.25) is 0 Å². The third-order valence-electron chi connectivity index (χ3n) is 3.39. The molecule has 6 heteroatoms. The zero-order valence-corrected chi connectivity index (χ0v) is 11.7. The summed E-state index contributed by atoms with van der Waals surface area (Å²) in [4.78, 5) is 0. The van der Waals surface area contributed by atoms with E-state index in [-0.39, 0.29) is 6.98 Å². The highest BCUT2D eigenvalue weighted by molar-refractivity contribution is 6.62. The van der Waals surface area contributed by atoms with E-state index in [0.717, 1.165) is 35.4 Å². The third-order valence-corrected chi connectivity index (χ3v) is 3.57. The number of ether oxygens (including phenoxy) is 1. The van der Waals surface area contributed by atoms with Crippen molar-refractivity contribution in [3.63, 3.8) is 0 Å². The summed E-state index contributed by atoms with van der Waals surface area (Å²) in [7, 11) is 1.68. The first-order chi connectivity index (χ1) is 9.22. The minimum Gasteiger partial charge on any atom is -0.497 e. The van der Waals surface area contributed by atoms with Gasteiger partial charge in [-0.1, -0.05) is 24.9 Å². The van der Waals surface area contributed by atoms with Gasteiger partial charge in [-0.3, -0.25) is 4.59 Å². The minimum absolute atomic E-state index is 0.145. The van der Waals surface area contributed by atoms with Gasteiger partial charge >= 0.3 is 6.98 Å². The Kier molecular flexibility index (Phi) is 3.15. The Morgan fingerprint density at radius 3 is 3.00 bits per heavy atom. The van der Waals surface area contributed by atoms with Crippen LogP contribution in [0.3, 0.4) is 0 Å². The Bertz CT molecular complexity index is 614. The third kappa shape index (κ3) is 2.08. The Morgan fingerprint density at radius 2 is 2.26 bits per heavy atom. The van der Waals surface area contributed by atoms with Gasteiger partial charge in [-0.25, -0.2) is 0 Å². The van der Waals surface area contributed by atoms with Crippen molar-refractivity contribution in [1.29, 1.82) is 0 Å². The number of hydrogen-bond acceptors (Lipinski definition) is 3. The molecule has 0 atom stereocenters. The zero-order chi connectivity index (χ0) is 13.4. The Labute approximate surface area is 117 Å². The van der Waals surface area contributed by atoms with Crippen LogP contribution in [0.4, 0.5) is 5.69 Å². The van der Waals surface area contributed by atoms with Crippen molar-refractivity contribution in [3.05, 3.63) is 29.4 Å². The molecule has 1 aliphatic heterocycles. The molecule has 0 aliphatic carbocycles. The summed E-state index contributed by atoms with van der Waals surface area (Å²) in [5.74, 6) is 0.848. The van der Waals surface area contributed by atoms with Crippen molar-refractivity contribution in [1.82, 2.24) is 9.69 Å². The van der Waals surface area contributed by atoms with Crippen LogP contribution in [0.5, 0.6) is 5.75 Å². The molecule has 1 N–H and O–H groups in total. The average Bonchev–Trinajstić information content (AvgIpc) is 2.80. The number of hydrogen-bond donors (Lipinski definition) is 1. The van der Waals surface area contributed by atoms with Crippen LogP contribution in [0.15, 0.2) is 24.3 Å². The number of benzene rings is 1. The monoisotopic (exact) mass is 275 g/mol. The van der Waals surface area contributed by atoms with Gasteiger partial charge in [0, 0.05) is 23.4 Å². The zero-order valence-electron chi connectivity index (χ0n) is 11.0. The molecule has 0 bridgehead atoms. The Balaban J connectivity index is 2.12. The molecule has 0 unspecified atom stereocenters. The summed E-state index contributed by atoms with van der Waals surface area (Å²) >= 11 is 6.06. The number of nitrogens with zero attached hydrogens (tertiary/aromatic N) is 2. The normalized spacial score (nSPS) is 12.7. The first kappa shape index (κ1) is 12.4. The van der Waals surface area contributed by atoms with E-state index in [2.05, 4.69) is 17.3 Å². The van der Waals surface area contributed by atoms with Gasteiger partial charge in [0.1, 0.15) is 10.9 Å². The largest absolute Gasteiger partial charge is 0.497 e. The number of methoxy groups -OCH3 is 1. The lowest BCUT2D eigenvalue weighted by Crippen LogP contribution is -2.38. The smallest absolute Gasteiger partial charge is 0.396 e. The summed E-state index contributed by atoms with van der Waals surface area (Å²) in [5, 5.41) is 8.41. The van der Waals surface area contributed by atoms with Crippen LogP contribution in [0.25, 0.3) is 11.3 Å². The molecule has 2 heterocycles. The van der Waals surface area contributed by atoms with Crippen LogP contribution in [0.1, 0.15) is 13.3 Å². The van der Waals surface area contributed by atoms with E-state index in [1.165, 1.54) is 0 Å². The fourth-order valence-electron chi connectivity index (χ4n) is 2.50. The molecule has 0 fully saturated rings. The predicted molar refractivity (Wildman–Crippen MR) is 79.1 cm³/mol. The second-order valence-corrected chi connectivity index (χ2v) is 5.04. The van der Waals surface area contributed by atoms with E-state index in [4.69, 9.17) is 16.3 Å². The highest BCUT2D eigenvalue weighted by Crippen LogP contribution is 2.36. The second-order valence-electron chi connectivity index (χ2n) is 4.66. The van der Waals surface area contributed by atoms with E-state index in [1.807, 2.05) is 28.9 Å². The van der Waals surface area contributed by atoms with Crippen LogP contribution >= 0.6 is 11.6 Å². The van der Waals surface area contributed by atoms with Gasteiger partial charge in [-0.15, -0.1) is 0 Å². The number of nitrogens with one attached hydrogen (secondary N) is 1. The van der Waals surface area contributed by atoms with Gasteiger partial charge in [-0.05, 0) is 18.5 Å². The summed E-state index contributed by atoms with van der Waals surface area (Å²) in [6, 6.07) is 7.91. The minimum atomic E-state index is 0.145. The first-order valence-electron chi connectivity index (χ1n) is 6.43. The molecular weight excluding hydrogens is 260 g/mol. The van der Waals surface area contributed by atoms with Crippen molar-refractivity contribution in [2.75, 3.05) is 12.3 Å². The van der Waals surface area contributed by atoms with Crippen molar-refractivity contribution < 1.29 is 4.74 Å². The van der Waals surface area contributed by atoms with Gasteiger partial charge < -0.3 is 9.96 Å². The van der Waals surface area contributed by atoms with Crippen LogP contribution in [0.2, 0.25) is 11.5 Å². The molecule has 0 radical (unpaired) electrons. The first-order valence-corrected chi connectivity index (χ1v) is 6.80. The van der Waals surface area contributed by atoms with E-state index in [1.54, 1.807) is 7.11 Å². The van der Waals surface area contributed by atoms with Crippen LogP contribution in [-0.2, 0) is 0 Å². The number of anilines is 1. The number of fused-ring (bicyclic) bond motifs is 3. The molecule has 0 amide bonds. The summed E-state index contributed by atoms with van der Waals surface area (Å²) in [5.41, 5.74) is 3.23. The summed E-state index contributed by atoms with van der Waals surface area (Å²) < 4.78 is 7.25. The maximum Gasteiger partial charge on any atom is 0.396 e. The predicted octanol–water partition coefficient (Wildman–Crippen LogP) is 3.38. The molecule has 0 saturated carbocycles. The number of rotatable bonds is 3. The van der Waals surface area contributed by atoms with E-state index < -0.39 is 0 Å². The molecule has 1 aromatic carbocycles. The molecular formula is C13H15BClN3O. The topological polar surface area (TPSA) is 39.1 Å². The van der Waals surface area contributed by atoms with Crippen molar-refractivity contribution in [2.24, 2.45) is 0 Å². The van der Waals surface area contributed by atoms with E-state index in [9.17, 15) is 0 Å². The molecule has 4 nitrogen and oxygen atoms in total. The van der Waals surface area contributed by atoms with Crippen LogP contribution < -0.4 is 9.96 Å². The number of aromatic nitrogens is 2. The molecule has 3 rings (SSSR count). The van der Waals surface area contributed by atoms with Gasteiger partial charge in [0.05, 0.1) is 12.8 Å². The van der Waals surface area contributed by atoms with E-state index in [0.29, 0.717) is 5.15 Å². The van der Waals surface area contributed by atoms with Crippen molar-refractivity contribution in [3.8, 4) is 17.0 Å². The quantitative estimate of drug-likeness (QED) is 0.873. The fourth-order valence-corrected chi connectivity index (χ4v) is 2.69. The molecule has 1 aromatic heterocycles. The average molecular weight is 276 g/mol. The van der Waals surface area contributed by atoms with Crippen LogP contribution in [-0.4, -0.2) is 23.8 Å². The van der Waals surface area contributed by atoms with Crippen molar-refractivity contribution in [2.45, 2.75) is 19.7 Å². The summed E-state index contributed by atoms with van der Waals surface area (Å²) in [6.07, 6.45) is 2.08. The molecule has 2 aromatic rings. The number of halogens is 1. The van der Waals surface area contributed by atoms with Gasteiger partial charge in [-0.2, -0.15) is 5.10 Å². The summed E-state index contributed by atoms with van der Waals surface area (Å²) in [6.45, 7) is 2.31. The van der Waals surface area contributed by atoms with Gasteiger partial charge in [0.25, 0.3) is 0 Å². The standard InChI is InChI=1S/C13H15BClN3O/c1-3-6-14-16-11-7-9(19-2)4-5-10(11)12-8-13(15)17-18(12)14/h4-5,7-8,16H,3,6H2,1-2H3. The van der Waals surface area contributed by atoms with E-state index >= 15 is 0 Å². The molecule has 1 aliphatic rings. The SMILES string of the molecule is CCCB1Nc2cc(OC)ccc2-c2cc(Cl)nn21. The Hall–Kier alpha value is -1.62. The van der Waals surface area contributed by atoms with Crippen molar-refractivity contribution >= 4 is 24.3 Å². The molecule has 98 valence electrons. The molecule has 0 saturated heterocycles. The highest BCUT2D eigenvalue weighted by Gasteiger charge is 2.29. The fraction of sp³-hybridized carbons (Fsp3) is 0.308. The maximum absolute atomic E-state index is 6.06. The Morgan fingerprint density at radius 1 is 1.42 bits per heavy atom. The second kappa shape index (κ2) is 4.81. The lowest BCUT2D eigenvalue weighted by molar-refractivity contribution is 0.415. The van der Waals surface area contributed by atoms with Crippen LogP contribution in [0, 0.1) is 0 Å². The molecule has 0 spiro atoms. The highest BCUT2D eigenvalue weighted by atomic mass is 35.5. The lowest BCUT2D eigenvalue weighted by atomic mass is 9.69. The molecule has 19 heavy (non-hydrogen) atoms. The van der Waals surface area contributed by atoms with Gasteiger partial charge in [0.15, 0.2) is 0 Å².